The van der Waals surface area contributed by atoms with Gasteiger partial charge in [0.1, 0.15) is 0 Å². The maximum absolute atomic E-state index is 11.3. The van der Waals surface area contributed by atoms with Crippen molar-refractivity contribution in [2.75, 3.05) is 19.6 Å². The second-order valence-corrected chi connectivity index (χ2v) is 4.28. The molecule has 96 valence electrons. The highest BCUT2D eigenvalue weighted by molar-refractivity contribution is 6.28. The molecule has 7 nitrogen and oxygen atoms in total. The Bertz CT molecular complexity index is 506. The summed E-state index contributed by atoms with van der Waals surface area (Å²) in [5, 5.41) is 21.9. The van der Waals surface area contributed by atoms with E-state index in [1.165, 1.54) is 12.3 Å². The second kappa shape index (κ2) is 5.18. The van der Waals surface area contributed by atoms with Crippen molar-refractivity contribution in [2.45, 2.75) is 6.54 Å². The van der Waals surface area contributed by atoms with E-state index in [0.29, 0.717) is 30.2 Å². The molecule has 0 unspecified atom stereocenters. The molecule has 0 N–H and O–H groups in total. The van der Waals surface area contributed by atoms with Crippen molar-refractivity contribution in [2.24, 2.45) is 4.99 Å². The third-order valence-corrected chi connectivity index (χ3v) is 2.89. The Hall–Kier alpha value is -1.89. The first-order valence-electron chi connectivity index (χ1n) is 5.34. The zero-order valence-electron chi connectivity index (χ0n) is 9.45. The Morgan fingerprint density at radius 1 is 1.56 bits per heavy atom. The minimum absolute atomic E-state index is 0.0966. The summed E-state index contributed by atoms with van der Waals surface area (Å²) in [6.07, 6.45) is 1.37. The maximum Gasteiger partial charge on any atom is 0.286 e. The summed E-state index contributed by atoms with van der Waals surface area (Å²) in [7, 11) is 0. The van der Waals surface area contributed by atoms with Gasteiger partial charge in [-0.25, -0.2) is 0 Å². The van der Waals surface area contributed by atoms with Crippen LogP contribution in [-0.4, -0.2) is 35.3 Å². The van der Waals surface area contributed by atoms with Gasteiger partial charge in [0.2, 0.25) is 0 Å². The van der Waals surface area contributed by atoms with Crippen LogP contribution in [0.2, 0.25) is 5.15 Å². The monoisotopic (exact) mass is 270 g/mol. The van der Waals surface area contributed by atoms with Crippen molar-refractivity contribution in [3.05, 3.63) is 44.4 Å². The lowest BCUT2D eigenvalue weighted by Gasteiger charge is -2.17. The molecule has 0 amide bonds. The van der Waals surface area contributed by atoms with Gasteiger partial charge in [0.05, 0.1) is 13.1 Å². The first-order chi connectivity index (χ1) is 8.56. The number of rotatable bonds is 4. The average Bonchev–Trinajstić information content (AvgIpc) is 2.70. The highest BCUT2D eigenvalue weighted by atomic mass is 35.5. The van der Waals surface area contributed by atoms with Gasteiger partial charge in [-0.1, -0.05) is 0 Å². The van der Waals surface area contributed by atoms with Crippen LogP contribution in [0.5, 0.6) is 0 Å². The molecule has 2 rings (SSSR count). The zero-order valence-corrected chi connectivity index (χ0v) is 10.2. The predicted octanol–water partition coefficient (Wildman–Crippen LogP) is 0.464. The van der Waals surface area contributed by atoms with Crippen LogP contribution in [-0.2, 0) is 6.54 Å². The van der Waals surface area contributed by atoms with Crippen molar-refractivity contribution in [3.63, 3.8) is 0 Å². The maximum atomic E-state index is 11.3. The van der Waals surface area contributed by atoms with Crippen LogP contribution in [0.25, 0.3) is 0 Å². The molecule has 0 saturated heterocycles. The Morgan fingerprint density at radius 2 is 2.33 bits per heavy atom. The molecule has 1 aliphatic rings. The van der Waals surface area contributed by atoms with Crippen LogP contribution in [0.4, 0.5) is 0 Å². The number of hydrogen-bond acceptors (Lipinski definition) is 5. The van der Waals surface area contributed by atoms with Crippen LogP contribution in [0.1, 0.15) is 5.56 Å². The van der Waals surface area contributed by atoms with Gasteiger partial charge in [-0.15, -0.1) is 0 Å². The quantitative estimate of drug-likeness (QED) is 0.262. The van der Waals surface area contributed by atoms with Gasteiger partial charge in [-0.3, -0.25) is 15.1 Å². The molecule has 2 heterocycles. The van der Waals surface area contributed by atoms with E-state index in [0.717, 1.165) is 5.56 Å². The topological polar surface area (TPSA) is 85.7 Å². The van der Waals surface area contributed by atoms with Crippen LogP contribution < -0.4 is 4.73 Å². The Morgan fingerprint density at radius 3 is 3.00 bits per heavy atom. The standard InChI is InChI=1S/C10H11ClN4O3/c11-9-2-1-8(6-14(9)16)5-13-4-3-12-10(13)7-15(17)18/h1-2,6H,3-5,7H2. The number of pyridine rings is 1. The van der Waals surface area contributed by atoms with Crippen LogP contribution in [0.3, 0.4) is 0 Å². The van der Waals surface area contributed by atoms with Gasteiger partial charge in [0.15, 0.2) is 12.0 Å². The Kier molecular flexibility index (Phi) is 3.61. The summed E-state index contributed by atoms with van der Waals surface area (Å²) < 4.78 is 0.567. The molecule has 1 aliphatic heterocycles. The number of aromatic nitrogens is 1. The number of halogens is 1. The second-order valence-electron chi connectivity index (χ2n) is 3.90. The van der Waals surface area contributed by atoms with E-state index in [9.17, 15) is 15.3 Å². The van der Waals surface area contributed by atoms with Crippen molar-refractivity contribution < 1.29 is 9.65 Å². The van der Waals surface area contributed by atoms with E-state index in [2.05, 4.69) is 4.99 Å². The highest BCUT2D eigenvalue weighted by Crippen LogP contribution is 2.10. The first kappa shape index (κ1) is 12.6. The minimum Gasteiger partial charge on any atom is -0.618 e. The molecule has 0 aliphatic carbocycles. The number of amidine groups is 1. The predicted molar refractivity (Wildman–Crippen MR) is 65.0 cm³/mol. The lowest BCUT2D eigenvalue weighted by molar-refractivity contribution is -0.603. The van der Waals surface area contributed by atoms with Crippen molar-refractivity contribution >= 4 is 17.4 Å². The molecule has 0 spiro atoms. The largest absolute Gasteiger partial charge is 0.618 e. The molecule has 8 heteroatoms. The Labute approximate surface area is 108 Å². The van der Waals surface area contributed by atoms with E-state index >= 15 is 0 Å². The fourth-order valence-electron chi connectivity index (χ4n) is 1.78. The number of nitrogens with zero attached hydrogens (tertiary/aromatic N) is 4. The molecule has 0 aromatic carbocycles. The molecule has 0 fully saturated rings. The van der Waals surface area contributed by atoms with Crippen molar-refractivity contribution in [1.82, 2.24) is 4.90 Å². The van der Waals surface area contributed by atoms with Gasteiger partial charge in [-0.2, -0.15) is 4.73 Å². The smallest absolute Gasteiger partial charge is 0.286 e. The van der Waals surface area contributed by atoms with E-state index in [-0.39, 0.29) is 11.7 Å². The van der Waals surface area contributed by atoms with Gasteiger partial charge in [0, 0.05) is 23.1 Å². The molecular formula is C10H11ClN4O3. The third-order valence-electron chi connectivity index (χ3n) is 2.60. The number of aliphatic imine (C=N–C) groups is 1. The summed E-state index contributed by atoms with van der Waals surface area (Å²) >= 11 is 5.62. The van der Waals surface area contributed by atoms with E-state index in [1.807, 2.05) is 0 Å². The van der Waals surface area contributed by atoms with Gasteiger partial charge < -0.3 is 10.1 Å². The van der Waals surface area contributed by atoms with Gasteiger partial charge >= 0.3 is 0 Å². The third kappa shape index (κ3) is 2.86. The normalized spacial score (nSPS) is 14.7. The van der Waals surface area contributed by atoms with E-state index < -0.39 is 4.92 Å². The average molecular weight is 271 g/mol. The summed E-state index contributed by atoms with van der Waals surface area (Å²) in [6.45, 7) is 1.32. The molecule has 18 heavy (non-hydrogen) atoms. The van der Waals surface area contributed by atoms with E-state index in [1.54, 1.807) is 11.0 Å². The zero-order chi connectivity index (χ0) is 13.1. The van der Waals surface area contributed by atoms with Crippen LogP contribution in [0.15, 0.2) is 23.3 Å². The molecule has 0 atom stereocenters. The summed E-state index contributed by atoms with van der Waals surface area (Å²) in [5.41, 5.74) is 0.743. The summed E-state index contributed by atoms with van der Waals surface area (Å²) in [4.78, 5) is 15.9. The lowest BCUT2D eigenvalue weighted by Crippen LogP contribution is -2.34. The molecule has 0 radical (unpaired) electrons. The first-order valence-corrected chi connectivity index (χ1v) is 5.72. The fourth-order valence-corrected chi connectivity index (χ4v) is 1.89. The molecular weight excluding hydrogens is 260 g/mol. The van der Waals surface area contributed by atoms with E-state index in [4.69, 9.17) is 11.6 Å². The van der Waals surface area contributed by atoms with Crippen LogP contribution in [0, 0.1) is 15.3 Å². The van der Waals surface area contributed by atoms with Gasteiger partial charge in [-0.05, 0) is 17.7 Å². The molecule has 1 aromatic rings. The Balaban J connectivity index is 2.07. The van der Waals surface area contributed by atoms with Crippen molar-refractivity contribution in [3.8, 4) is 0 Å². The molecule has 1 aromatic heterocycles. The van der Waals surface area contributed by atoms with Crippen LogP contribution >= 0.6 is 11.6 Å². The number of nitro groups is 1. The molecule has 0 saturated carbocycles. The lowest BCUT2D eigenvalue weighted by atomic mass is 10.2. The van der Waals surface area contributed by atoms with Gasteiger partial charge in [0.25, 0.3) is 11.7 Å². The number of hydrogen-bond donors (Lipinski definition) is 0. The molecule has 0 bridgehead atoms. The minimum atomic E-state index is -0.410. The van der Waals surface area contributed by atoms with Crippen molar-refractivity contribution in [1.29, 1.82) is 0 Å². The summed E-state index contributed by atoms with van der Waals surface area (Å²) in [6, 6.07) is 3.23. The highest BCUT2D eigenvalue weighted by Gasteiger charge is 2.22. The fraction of sp³-hybridized carbons (Fsp3) is 0.400. The SMILES string of the molecule is O=[N+]([O-])CC1=NCCN1Cc1ccc(Cl)[n+]([O-])c1. The summed E-state index contributed by atoms with van der Waals surface area (Å²) in [5.74, 6) is 0.451.